The molecule has 1 aromatic heterocycles. The molecule has 1 unspecified atom stereocenters. The molecule has 1 heterocycles. The quantitative estimate of drug-likeness (QED) is 0.860. The van der Waals surface area contributed by atoms with Crippen LogP contribution in [-0.2, 0) is 13.5 Å². The Kier molecular flexibility index (Phi) is 3.60. The minimum absolute atomic E-state index is 0.491. The molecule has 1 aromatic carbocycles. The van der Waals surface area contributed by atoms with Gasteiger partial charge in [-0.2, -0.15) is 5.10 Å². The highest BCUT2D eigenvalue weighted by Crippen LogP contribution is 2.40. The maximum Gasteiger partial charge on any atom is 0.151 e. The number of benzene rings is 1. The summed E-state index contributed by atoms with van der Waals surface area (Å²) in [6, 6.07) is 11.2. The molecule has 0 bridgehead atoms. The first kappa shape index (κ1) is 12.4. The molecule has 0 radical (unpaired) electrons. The monoisotopic (exact) mass is 256 g/mol. The fourth-order valence-corrected chi connectivity index (χ4v) is 2.48. The van der Waals surface area contributed by atoms with Gasteiger partial charge in [0.1, 0.15) is 6.33 Å². The van der Waals surface area contributed by atoms with Crippen LogP contribution in [0.4, 0.5) is 0 Å². The summed E-state index contributed by atoms with van der Waals surface area (Å²) in [6.07, 6.45) is 5.32. The molecule has 1 aliphatic rings. The average Bonchev–Trinajstić information content (AvgIpc) is 3.19. The predicted molar refractivity (Wildman–Crippen MR) is 74.6 cm³/mol. The van der Waals surface area contributed by atoms with E-state index < -0.39 is 0 Å². The van der Waals surface area contributed by atoms with E-state index >= 15 is 0 Å². The van der Waals surface area contributed by atoms with Crippen molar-refractivity contribution < 1.29 is 0 Å². The standard InChI is InChI=1S/C15H20N4/c1-19-11-17-14(18-19)9-10-16-15(13-7-8-13)12-5-3-2-4-6-12/h2-6,11,13,15-16H,7-10H2,1H3. The topological polar surface area (TPSA) is 42.7 Å². The molecule has 0 amide bonds. The smallest absolute Gasteiger partial charge is 0.151 e. The SMILES string of the molecule is Cn1cnc(CCNC(c2ccccc2)C2CC2)n1. The van der Waals surface area contributed by atoms with Crippen molar-refractivity contribution in [2.75, 3.05) is 6.54 Å². The van der Waals surface area contributed by atoms with Crippen molar-refractivity contribution in [3.8, 4) is 0 Å². The molecule has 19 heavy (non-hydrogen) atoms. The number of aromatic nitrogens is 3. The van der Waals surface area contributed by atoms with Crippen molar-refractivity contribution in [3.05, 3.63) is 48.0 Å². The molecular formula is C15H20N4. The first-order chi connectivity index (χ1) is 9.33. The fraction of sp³-hybridized carbons (Fsp3) is 0.467. The zero-order valence-electron chi connectivity index (χ0n) is 11.3. The Labute approximate surface area is 113 Å². The van der Waals surface area contributed by atoms with E-state index in [1.165, 1.54) is 18.4 Å². The lowest BCUT2D eigenvalue weighted by Crippen LogP contribution is -2.25. The molecule has 4 heteroatoms. The highest BCUT2D eigenvalue weighted by Gasteiger charge is 2.31. The fourth-order valence-electron chi connectivity index (χ4n) is 2.48. The Morgan fingerprint density at radius 2 is 2.11 bits per heavy atom. The molecule has 1 saturated carbocycles. The molecule has 1 aliphatic carbocycles. The van der Waals surface area contributed by atoms with Crippen molar-refractivity contribution >= 4 is 0 Å². The zero-order chi connectivity index (χ0) is 13.1. The molecule has 1 fully saturated rings. The minimum atomic E-state index is 0.491. The van der Waals surface area contributed by atoms with Gasteiger partial charge < -0.3 is 5.32 Å². The van der Waals surface area contributed by atoms with Crippen LogP contribution in [-0.4, -0.2) is 21.3 Å². The third kappa shape index (κ3) is 3.20. The Hall–Kier alpha value is -1.68. The summed E-state index contributed by atoms with van der Waals surface area (Å²) in [5, 5.41) is 7.97. The second-order valence-corrected chi connectivity index (χ2v) is 5.26. The first-order valence-electron chi connectivity index (χ1n) is 6.96. The number of aryl methyl sites for hydroxylation is 1. The van der Waals surface area contributed by atoms with Crippen molar-refractivity contribution in [1.82, 2.24) is 20.1 Å². The van der Waals surface area contributed by atoms with Crippen LogP contribution >= 0.6 is 0 Å². The Balaban J connectivity index is 1.57. The van der Waals surface area contributed by atoms with Crippen LogP contribution in [0.25, 0.3) is 0 Å². The van der Waals surface area contributed by atoms with Gasteiger partial charge in [0.25, 0.3) is 0 Å². The molecule has 1 N–H and O–H groups in total. The normalized spacial score (nSPS) is 16.5. The second kappa shape index (κ2) is 5.53. The van der Waals surface area contributed by atoms with E-state index in [-0.39, 0.29) is 0 Å². The van der Waals surface area contributed by atoms with Crippen LogP contribution in [0.5, 0.6) is 0 Å². The van der Waals surface area contributed by atoms with Gasteiger partial charge in [0.15, 0.2) is 5.82 Å². The summed E-state index contributed by atoms with van der Waals surface area (Å²) in [7, 11) is 1.90. The summed E-state index contributed by atoms with van der Waals surface area (Å²) in [6.45, 7) is 0.931. The van der Waals surface area contributed by atoms with Crippen molar-refractivity contribution in [3.63, 3.8) is 0 Å². The number of rotatable bonds is 6. The Morgan fingerprint density at radius 3 is 2.74 bits per heavy atom. The lowest BCUT2D eigenvalue weighted by molar-refractivity contribution is 0.481. The summed E-state index contributed by atoms with van der Waals surface area (Å²) in [5.41, 5.74) is 1.40. The van der Waals surface area contributed by atoms with Gasteiger partial charge in [-0.25, -0.2) is 4.98 Å². The molecule has 4 nitrogen and oxygen atoms in total. The van der Waals surface area contributed by atoms with E-state index in [1.807, 2.05) is 7.05 Å². The highest BCUT2D eigenvalue weighted by atomic mass is 15.3. The van der Waals surface area contributed by atoms with E-state index in [4.69, 9.17) is 0 Å². The molecule has 100 valence electrons. The van der Waals surface area contributed by atoms with E-state index in [0.29, 0.717) is 6.04 Å². The molecular weight excluding hydrogens is 236 g/mol. The van der Waals surface area contributed by atoms with Crippen molar-refractivity contribution in [1.29, 1.82) is 0 Å². The first-order valence-corrected chi connectivity index (χ1v) is 6.96. The average molecular weight is 256 g/mol. The van der Waals surface area contributed by atoms with Gasteiger partial charge in [-0.05, 0) is 24.3 Å². The van der Waals surface area contributed by atoms with Gasteiger partial charge >= 0.3 is 0 Å². The van der Waals surface area contributed by atoms with Crippen LogP contribution in [0.3, 0.4) is 0 Å². The third-order valence-electron chi connectivity index (χ3n) is 3.61. The van der Waals surface area contributed by atoms with Gasteiger partial charge in [0.2, 0.25) is 0 Å². The van der Waals surface area contributed by atoms with Gasteiger partial charge in [-0.15, -0.1) is 0 Å². The van der Waals surface area contributed by atoms with Gasteiger partial charge in [0, 0.05) is 26.1 Å². The van der Waals surface area contributed by atoms with Crippen LogP contribution in [0.1, 0.15) is 30.3 Å². The minimum Gasteiger partial charge on any atom is -0.309 e. The van der Waals surface area contributed by atoms with Gasteiger partial charge in [-0.1, -0.05) is 30.3 Å². The number of nitrogens with zero attached hydrogens (tertiary/aromatic N) is 3. The predicted octanol–water partition coefficient (Wildman–Crippen LogP) is 2.10. The maximum absolute atomic E-state index is 4.31. The lowest BCUT2D eigenvalue weighted by Gasteiger charge is -2.18. The molecule has 3 rings (SSSR count). The maximum atomic E-state index is 4.31. The number of hydrogen-bond acceptors (Lipinski definition) is 3. The van der Waals surface area contributed by atoms with Crippen molar-refractivity contribution in [2.24, 2.45) is 13.0 Å². The number of nitrogens with one attached hydrogen (secondary N) is 1. The van der Waals surface area contributed by atoms with Crippen LogP contribution in [0.15, 0.2) is 36.7 Å². The summed E-state index contributed by atoms with van der Waals surface area (Å²) < 4.78 is 1.75. The summed E-state index contributed by atoms with van der Waals surface area (Å²) >= 11 is 0. The molecule has 1 atom stereocenters. The summed E-state index contributed by atoms with van der Waals surface area (Å²) in [4.78, 5) is 4.26. The van der Waals surface area contributed by atoms with Crippen LogP contribution in [0, 0.1) is 5.92 Å². The largest absolute Gasteiger partial charge is 0.309 e. The van der Waals surface area contributed by atoms with Crippen molar-refractivity contribution in [2.45, 2.75) is 25.3 Å². The third-order valence-corrected chi connectivity index (χ3v) is 3.61. The Bertz CT molecular complexity index is 516. The van der Waals surface area contributed by atoms with E-state index in [1.54, 1.807) is 11.0 Å². The molecule has 0 aliphatic heterocycles. The van der Waals surface area contributed by atoms with Gasteiger partial charge in [0.05, 0.1) is 0 Å². The van der Waals surface area contributed by atoms with E-state index in [0.717, 1.165) is 24.7 Å². The van der Waals surface area contributed by atoms with Crippen LogP contribution in [0.2, 0.25) is 0 Å². The zero-order valence-corrected chi connectivity index (χ0v) is 11.3. The van der Waals surface area contributed by atoms with Crippen LogP contribution < -0.4 is 5.32 Å². The Morgan fingerprint density at radius 1 is 1.32 bits per heavy atom. The lowest BCUT2D eigenvalue weighted by atomic mass is 10.0. The molecule has 0 saturated heterocycles. The number of hydrogen-bond donors (Lipinski definition) is 1. The highest BCUT2D eigenvalue weighted by molar-refractivity contribution is 5.21. The van der Waals surface area contributed by atoms with Gasteiger partial charge in [-0.3, -0.25) is 4.68 Å². The van der Waals surface area contributed by atoms with E-state index in [9.17, 15) is 0 Å². The molecule has 0 spiro atoms. The molecule has 2 aromatic rings. The van der Waals surface area contributed by atoms with E-state index in [2.05, 4.69) is 45.7 Å². The second-order valence-electron chi connectivity index (χ2n) is 5.26. The summed E-state index contributed by atoms with van der Waals surface area (Å²) in [5.74, 6) is 1.72.